The molecule has 106 valence electrons. The molecule has 0 radical (unpaired) electrons. The van der Waals surface area contributed by atoms with Crippen molar-refractivity contribution in [3.05, 3.63) is 41.2 Å². The lowest BCUT2D eigenvalue weighted by molar-refractivity contribution is 0.0894. The standard InChI is InChI=1S/C15H18N2O3/c1-9(2)12-8-14(20-17-12)15(18)16-11-4-3-5-13-10(11)6-7-19-13/h6-9,11H,3-5H2,1-2H3,(H,16,18)/t11-/m0/s1. The Bertz CT molecular complexity index is 612. The normalized spacial score (nSPS) is 18.1. The first-order valence-electron chi connectivity index (χ1n) is 6.99. The summed E-state index contributed by atoms with van der Waals surface area (Å²) in [6.07, 6.45) is 4.55. The van der Waals surface area contributed by atoms with Gasteiger partial charge >= 0.3 is 0 Å². The molecule has 5 nitrogen and oxygen atoms in total. The van der Waals surface area contributed by atoms with Crippen molar-refractivity contribution in [2.45, 2.75) is 45.1 Å². The van der Waals surface area contributed by atoms with Crippen molar-refractivity contribution in [2.75, 3.05) is 0 Å². The quantitative estimate of drug-likeness (QED) is 0.933. The fourth-order valence-corrected chi connectivity index (χ4v) is 2.53. The van der Waals surface area contributed by atoms with Crippen LogP contribution < -0.4 is 5.32 Å². The van der Waals surface area contributed by atoms with Crippen molar-refractivity contribution in [2.24, 2.45) is 0 Å². The largest absolute Gasteiger partial charge is 0.469 e. The Kier molecular flexibility index (Phi) is 3.34. The summed E-state index contributed by atoms with van der Waals surface area (Å²) in [5, 5.41) is 6.91. The molecule has 0 spiro atoms. The van der Waals surface area contributed by atoms with Gasteiger partial charge in [-0.05, 0) is 24.8 Å². The minimum absolute atomic E-state index is 0.00222. The monoisotopic (exact) mass is 274 g/mol. The number of fused-ring (bicyclic) bond motifs is 1. The zero-order valence-corrected chi connectivity index (χ0v) is 11.7. The minimum atomic E-state index is -0.219. The predicted octanol–water partition coefficient (Wildman–Crippen LogP) is 3.20. The lowest BCUT2D eigenvalue weighted by Gasteiger charge is -2.22. The molecule has 0 fully saturated rings. The van der Waals surface area contributed by atoms with E-state index in [4.69, 9.17) is 8.94 Å². The van der Waals surface area contributed by atoms with Crippen molar-refractivity contribution >= 4 is 5.91 Å². The van der Waals surface area contributed by atoms with Crippen LogP contribution in [0.2, 0.25) is 0 Å². The van der Waals surface area contributed by atoms with Gasteiger partial charge < -0.3 is 14.3 Å². The van der Waals surface area contributed by atoms with Gasteiger partial charge in [0.15, 0.2) is 0 Å². The molecular weight excluding hydrogens is 256 g/mol. The number of nitrogens with one attached hydrogen (secondary N) is 1. The van der Waals surface area contributed by atoms with Crippen LogP contribution in [0, 0.1) is 0 Å². The zero-order chi connectivity index (χ0) is 14.1. The third kappa shape index (κ3) is 2.35. The van der Waals surface area contributed by atoms with Crippen LogP contribution in [0.1, 0.15) is 66.2 Å². The molecule has 3 rings (SSSR count). The number of hydrogen-bond donors (Lipinski definition) is 1. The molecule has 1 N–H and O–H groups in total. The average Bonchev–Trinajstić information content (AvgIpc) is 3.08. The molecule has 0 saturated heterocycles. The lowest BCUT2D eigenvalue weighted by atomic mass is 9.93. The van der Waals surface area contributed by atoms with Crippen LogP contribution in [0.5, 0.6) is 0 Å². The number of hydrogen-bond acceptors (Lipinski definition) is 4. The summed E-state index contributed by atoms with van der Waals surface area (Å²) in [5.74, 6) is 1.27. The third-order valence-electron chi connectivity index (χ3n) is 3.70. The van der Waals surface area contributed by atoms with Gasteiger partial charge in [0, 0.05) is 18.1 Å². The fourth-order valence-electron chi connectivity index (χ4n) is 2.53. The highest BCUT2D eigenvalue weighted by molar-refractivity contribution is 5.91. The molecule has 0 aromatic carbocycles. The molecule has 1 aliphatic rings. The predicted molar refractivity (Wildman–Crippen MR) is 72.4 cm³/mol. The summed E-state index contributed by atoms with van der Waals surface area (Å²) < 4.78 is 10.5. The maximum absolute atomic E-state index is 12.2. The van der Waals surface area contributed by atoms with Crippen molar-refractivity contribution in [3.63, 3.8) is 0 Å². The first-order chi connectivity index (χ1) is 9.65. The van der Waals surface area contributed by atoms with Gasteiger partial charge in [0.25, 0.3) is 5.91 Å². The van der Waals surface area contributed by atoms with Crippen molar-refractivity contribution < 1.29 is 13.7 Å². The Hall–Kier alpha value is -2.04. The van der Waals surface area contributed by atoms with Crippen LogP contribution in [0.25, 0.3) is 0 Å². The summed E-state index contributed by atoms with van der Waals surface area (Å²) in [5.41, 5.74) is 1.87. The summed E-state index contributed by atoms with van der Waals surface area (Å²) in [6, 6.07) is 3.64. The molecule has 5 heteroatoms. The molecule has 0 unspecified atom stereocenters. The zero-order valence-electron chi connectivity index (χ0n) is 11.7. The number of carbonyl (C=O) groups is 1. The van der Waals surface area contributed by atoms with E-state index in [2.05, 4.69) is 10.5 Å². The average molecular weight is 274 g/mol. The molecule has 2 aromatic rings. The second kappa shape index (κ2) is 5.15. The smallest absolute Gasteiger partial charge is 0.290 e. The van der Waals surface area contributed by atoms with Crippen LogP contribution >= 0.6 is 0 Å². The number of amides is 1. The van der Waals surface area contributed by atoms with Gasteiger partial charge in [0.2, 0.25) is 5.76 Å². The molecule has 2 heterocycles. The number of rotatable bonds is 3. The van der Waals surface area contributed by atoms with Crippen molar-refractivity contribution in [3.8, 4) is 0 Å². The highest BCUT2D eigenvalue weighted by Crippen LogP contribution is 2.30. The summed E-state index contributed by atoms with van der Waals surface area (Å²) in [6.45, 7) is 4.02. The third-order valence-corrected chi connectivity index (χ3v) is 3.70. The molecule has 1 amide bonds. The Morgan fingerprint density at radius 1 is 1.50 bits per heavy atom. The Morgan fingerprint density at radius 3 is 3.10 bits per heavy atom. The van der Waals surface area contributed by atoms with E-state index in [9.17, 15) is 4.79 Å². The molecule has 1 aliphatic carbocycles. The maximum atomic E-state index is 12.2. The van der Waals surface area contributed by atoms with E-state index < -0.39 is 0 Å². The van der Waals surface area contributed by atoms with E-state index in [1.54, 1.807) is 12.3 Å². The highest BCUT2D eigenvalue weighted by Gasteiger charge is 2.25. The van der Waals surface area contributed by atoms with Crippen LogP contribution in [-0.4, -0.2) is 11.1 Å². The number of nitrogens with zero attached hydrogens (tertiary/aromatic N) is 1. The van der Waals surface area contributed by atoms with Gasteiger partial charge in [0.1, 0.15) is 5.76 Å². The van der Waals surface area contributed by atoms with Gasteiger partial charge in [-0.1, -0.05) is 19.0 Å². The Morgan fingerprint density at radius 2 is 2.35 bits per heavy atom. The lowest BCUT2D eigenvalue weighted by Crippen LogP contribution is -2.30. The van der Waals surface area contributed by atoms with E-state index in [0.717, 1.165) is 36.3 Å². The fraction of sp³-hybridized carbons (Fsp3) is 0.467. The van der Waals surface area contributed by atoms with E-state index in [0.29, 0.717) is 0 Å². The summed E-state index contributed by atoms with van der Waals surface area (Å²) in [4.78, 5) is 12.2. The molecule has 0 aliphatic heterocycles. The molecule has 0 bridgehead atoms. The molecular formula is C15H18N2O3. The molecule has 20 heavy (non-hydrogen) atoms. The summed E-state index contributed by atoms with van der Waals surface area (Å²) >= 11 is 0. The van der Waals surface area contributed by atoms with Gasteiger partial charge in [-0.2, -0.15) is 0 Å². The summed E-state index contributed by atoms with van der Waals surface area (Å²) in [7, 11) is 0. The van der Waals surface area contributed by atoms with Gasteiger partial charge in [-0.3, -0.25) is 4.79 Å². The minimum Gasteiger partial charge on any atom is -0.469 e. The number of carbonyl (C=O) groups excluding carboxylic acids is 1. The van der Waals surface area contributed by atoms with E-state index in [-0.39, 0.29) is 23.6 Å². The second-order valence-corrected chi connectivity index (χ2v) is 5.49. The first kappa shape index (κ1) is 13.0. The maximum Gasteiger partial charge on any atom is 0.290 e. The van der Waals surface area contributed by atoms with Crippen molar-refractivity contribution in [1.29, 1.82) is 0 Å². The number of furan rings is 1. The van der Waals surface area contributed by atoms with Crippen LogP contribution in [0.15, 0.2) is 27.3 Å². The van der Waals surface area contributed by atoms with Crippen LogP contribution in [-0.2, 0) is 6.42 Å². The second-order valence-electron chi connectivity index (χ2n) is 5.49. The topological polar surface area (TPSA) is 68.3 Å². The van der Waals surface area contributed by atoms with Gasteiger partial charge in [-0.15, -0.1) is 0 Å². The number of aryl methyl sites for hydroxylation is 1. The Balaban J connectivity index is 1.74. The van der Waals surface area contributed by atoms with E-state index >= 15 is 0 Å². The van der Waals surface area contributed by atoms with Crippen LogP contribution in [0.3, 0.4) is 0 Å². The molecule has 1 atom stereocenters. The van der Waals surface area contributed by atoms with Gasteiger partial charge in [-0.25, -0.2) is 0 Å². The van der Waals surface area contributed by atoms with Crippen molar-refractivity contribution in [1.82, 2.24) is 10.5 Å². The first-order valence-corrected chi connectivity index (χ1v) is 6.99. The molecule has 0 saturated carbocycles. The molecule has 2 aromatic heterocycles. The van der Waals surface area contributed by atoms with Crippen LogP contribution in [0.4, 0.5) is 0 Å². The van der Waals surface area contributed by atoms with E-state index in [1.165, 1.54) is 0 Å². The van der Waals surface area contributed by atoms with Gasteiger partial charge in [0.05, 0.1) is 18.0 Å². The highest BCUT2D eigenvalue weighted by atomic mass is 16.5. The Labute approximate surface area is 117 Å². The van der Waals surface area contributed by atoms with E-state index in [1.807, 2.05) is 19.9 Å². The number of aromatic nitrogens is 1. The SMILES string of the molecule is CC(C)c1cc(C(=O)N[C@H]2CCCc3occc32)on1.